The van der Waals surface area contributed by atoms with Crippen LogP contribution in [0.15, 0.2) is 18.5 Å². The van der Waals surface area contributed by atoms with Gasteiger partial charge in [0.25, 0.3) is 0 Å². The van der Waals surface area contributed by atoms with Gasteiger partial charge < -0.3 is 10.1 Å². The minimum absolute atomic E-state index is 0.240. The molecule has 1 fully saturated rings. The minimum atomic E-state index is -3.77. The molecule has 1 N–H and O–H groups in total. The summed E-state index contributed by atoms with van der Waals surface area (Å²) in [4.78, 5) is 3.82. The monoisotopic (exact) mass is 346 g/mol. The number of hydrogen-bond donors (Lipinski definition) is 1. The summed E-state index contributed by atoms with van der Waals surface area (Å²) in [6.45, 7) is 0.489. The Hall–Kier alpha value is -1.78. The van der Waals surface area contributed by atoms with Crippen LogP contribution in [0.2, 0.25) is 0 Å². The highest BCUT2D eigenvalue weighted by atomic mass is 32.2. The maximum absolute atomic E-state index is 12.8. The summed E-state index contributed by atoms with van der Waals surface area (Å²) in [5.74, 6) is -0.283. The molecular weight excluding hydrogens is 330 g/mol. The number of alkyl halides is 2. The van der Waals surface area contributed by atoms with Gasteiger partial charge in [0, 0.05) is 38.6 Å². The zero-order chi connectivity index (χ0) is 16.6. The zero-order valence-corrected chi connectivity index (χ0v) is 13.2. The first kappa shape index (κ1) is 16.1. The Morgan fingerprint density at radius 2 is 2.04 bits per heavy atom. The number of aryl methyl sites for hydroxylation is 1. The number of nitrogens with one attached hydrogen (secondary N) is 1. The van der Waals surface area contributed by atoms with Gasteiger partial charge in [-0.2, -0.15) is 21.5 Å². The van der Waals surface area contributed by atoms with Crippen molar-refractivity contribution in [2.24, 2.45) is 0 Å². The van der Waals surface area contributed by atoms with E-state index in [-0.39, 0.29) is 11.3 Å². The highest BCUT2D eigenvalue weighted by Gasteiger charge is 2.28. The van der Waals surface area contributed by atoms with E-state index in [1.807, 2.05) is 0 Å². The van der Waals surface area contributed by atoms with E-state index in [1.165, 1.54) is 22.8 Å². The topological polar surface area (TPSA) is 76.5 Å². The van der Waals surface area contributed by atoms with E-state index in [9.17, 15) is 17.2 Å². The molecule has 10 heteroatoms. The van der Waals surface area contributed by atoms with Crippen molar-refractivity contribution in [3.8, 4) is 5.88 Å². The molecule has 0 aromatic carbocycles. The molecule has 2 aromatic heterocycles. The average Bonchev–Trinajstić information content (AvgIpc) is 2.97. The average molecular weight is 346 g/mol. The van der Waals surface area contributed by atoms with E-state index in [0.29, 0.717) is 37.3 Å². The van der Waals surface area contributed by atoms with E-state index in [2.05, 4.69) is 15.0 Å². The summed E-state index contributed by atoms with van der Waals surface area (Å²) in [6.07, 6.45) is 2.67. The van der Waals surface area contributed by atoms with Crippen molar-refractivity contribution in [1.82, 2.24) is 18.6 Å². The largest absolute Gasteiger partial charge is 0.416 e. The van der Waals surface area contributed by atoms with Gasteiger partial charge >= 0.3 is 16.8 Å². The van der Waals surface area contributed by atoms with Gasteiger partial charge in [-0.3, -0.25) is 0 Å². The summed E-state index contributed by atoms with van der Waals surface area (Å²) in [5.41, 5.74) is 0.861. The minimum Gasteiger partial charge on any atom is -0.416 e. The van der Waals surface area contributed by atoms with Crippen LogP contribution in [0.25, 0.3) is 10.9 Å². The summed E-state index contributed by atoms with van der Waals surface area (Å²) in [6, 6.07) is 1.42. The van der Waals surface area contributed by atoms with Crippen molar-refractivity contribution in [2.45, 2.75) is 13.5 Å². The molecule has 0 spiro atoms. The Balaban J connectivity index is 2.11. The lowest BCUT2D eigenvalue weighted by molar-refractivity contribution is -0.0517. The first-order chi connectivity index (χ1) is 10.9. The summed E-state index contributed by atoms with van der Waals surface area (Å²) >= 11 is 0. The van der Waals surface area contributed by atoms with Crippen LogP contribution in [0.4, 0.5) is 8.78 Å². The van der Waals surface area contributed by atoms with Crippen molar-refractivity contribution >= 4 is 21.1 Å². The number of hydrogen-bond acceptors (Lipinski definition) is 5. The Morgan fingerprint density at radius 3 is 2.70 bits per heavy atom. The van der Waals surface area contributed by atoms with E-state index in [4.69, 9.17) is 0 Å². The lowest BCUT2D eigenvalue weighted by Gasteiger charge is -2.27. The molecule has 0 radical (unpaired) electrons. The molecule has 23 heavy (non-hydrogen) atoms. The first-order valence-electron chi connectivity index (χ1n) is 7.04. The van der Waals surface area contributed by atoms with Gasteiger partial charge in [-0.05, 0) is 18.6 Å². The Kier molecular flexibility index (Phi) is 4.21. The molecule has 0 amide bonds. The SMILES string of the molecule is Cc1cnc(OC(F)F)c2ccn(S(=O)(=O)N3CCNCC3)c12. The van der Waals surface area contributed by atoms with Crippen LogP contribution in [0.1, 0.15) is 5.56 Å². The number of rotatable bonds is 4. The van der Waals surface area contributed by atoms with Crippen LogP contribution in [0.3, 0.4) is 0 Å². The van der Waals surface area contributed by atoms with Crippen LogP contribution in [-0.2, 0) is 10.2 Å². The number of halogens is 2. The van der Waals surface area contributed by atoms with Gasteiger partial charge in [0.1, 0.15) is 0 Å². The second kappa shape index (κ2) is 6.02. The van der Waals surface area contributed by atoms with Gasteiger partial charge in [-0.25, -0.2) is 8.96 Å². The van der Waals surface area contributed by atoms with Crippen molar-refractivity contribution in [3.63, 3.8) is 0 Å². The fraction of sp³-hybridized carbons (Fsp3) is 0.462. The maximum Gasteiger partial charge on any atom is 0.388 e. The van der Waals surface area contributed by atoms with E-state index >= 15 is 0 Å². The zero-order valence-electron chi connectivity index (χ0n) is 12.4. The van der Waals surface area contributed by atoms with Gasteiger partial charge in [-0.1, -0.05) is 0 Å². The van der Waals surface area contributed by atoms with Crippen LogP contribution >= 0.6 is 0 Å². The summed E-state index contributed by atoms with van der Waals surface area (Å²) in [5, 5.41) is 3.32. The van der Waals surface area contributed by atoms with Crippen molar-refractivity contribution < 1.29 is 21.9 Å². The summed E-state index contributed by atoms with van der Waals surface area (Å²) < 4.78 is 57.4. The van der Waals surface area contributed by atoms with E-state index in [1.54, 1.807) is 6.92 Å². The van der Waals surface area contributed by atoms with Crippen LogP contribution in [0, 0.1) is 6.92 Å². The molecule has 0 aliphatic carbocycles. The lowest BCUT2D eigenvalue weighted by Crippen LogP contribution is -2.48. The predicted molar refractivity (Wildman–Crippen MR) is 79.9 cm³/mol. The maximum atomic E-state index is 12.8. The first-order valence-corrected chi connectivity index (χ1v) is 8.44. The van der Waals surface area contributed by atoms with E-state index in [0.717, 1.165) is 3.97 Å². The van der Waals surface area contributed by atoms with Crippen molar-refractivity contribution in [2.75, 3.05) is 26.2 Å². The number of pyridine rings is 1. The predicted octanol–water partition coefficient (Wildman–Crippen LogP) is 0.944. The third kappa shape index (κ3) is 2.89. The molecule has 1 saturated heterocycles. The highest BCUT2D eigenvalue weighted by molar-refractivity contribution is 7.87. The second-order valence-electron chi connectivity index (χ2n) is 5.16. The molecule has 0 unspecified atom stereocenters. The molecule has 1 aliphatic rings. The fourth-order valence-corrected chi connectivity index (χ4v) is 4.21. The quantitative estimate of drug-likeness (QED) is 0.892. The lowest BCUT2D eigenvalue weighted by atomic mass is 10.2. The Bertz CT molecular complexity index is 816. The number of aromatic nitrogens is 2. The van der Waals surface area contributed by atoms with Gasteiger partial charge in [-0.15, -0.1) is 0 Å². The Morgan fingerprint density at radius 1 is 1.35 bits per heavy atom. The third-order valence-corrected chi connectivity index (χ3v) is 5.50. The highest BCUT2D eigenvalue weighted by Crippen LogP contribution is 2.29. The van der Waals surface area contributed by atoms with Gasteiger partial charge in [0.2, 0.25) is 5.88 Å². The molecular formula is C13H16F2N4O3S. The van der Waals surface area contributed by atoms with Crippen LogP contribution < -0.4 is 10.1 Å². The molecule has 3 rings (SSSR count). The van der Waals surface area contributed by atoms with E-state index < -0.39 is 16.8 Å². The number of ether oxygens (including phenoxy) is 1. The third-order valence-electron chi connectivity index (χ3n) is 3.68. The summed E-state index contributed by atoms with van der Waals surface area (Å²) in [7, 11) is -3.77. The molecule has 126 valence electrons. The molecule has 7 nitrogen and oxygen atoms in total. The van der Waals surface area contributed by atoms with Gasteiger partial charge in [0.05, 0.1) is 10.9 Å². The van der Waals surface area contributed by atoms with Crippen molar-refractivity contribution in [1.29, 1.82) is 0 Å². The van der Waals surface area contributed by atoms with Gasteiger partial charge in [0.15, 0.2) is 0 Å². The normalized spacial score (nSPS) is 17.0. The van der Waals surface area contributed by atoms with Crippen LogP contribution in [-0.4, -0.2) is 54.5 Å². The number of piperazine rings is 1. The molecule has 3 heterocycles. The molecule has 2 aromatic rings. The number of fused-ring (bicyclic) bond motifs is 1. The molecule has 0 bridgehead atoms. The molecule has 0 saturated carbocycles. The Labute approximate surface area is 132 Å². The molecule has 0 atom stereocenters. The van der Waals surface area contributed by atoms with Crippen molar-refractivity contribution in [3.05, 3.63) is 24.0 Å². The smallest absolute Gasteiger partial charge is 0.388 e. The number of nitrogens with zero attached hydrogens (tertiary/aromatic N) is 3. The second-order valence-corrected chi connectivity index (χ2v) is 6.96. The molecule has 1 aliphatic heterocycles. The standard InChI is InChI=1S/C13H16F2N4O3S/c1-9-8-17-12(22-13(14)15)10-2-5-19(11(9)10)23(20,21)18-6-3-16-4-7-18/h2,5,8,13,16H,3-4,6-7H2,1H3. The van der Waals surface area contributed by atoms with Crippen LogP contribution in [0.5, 0.6) is 5.88 Å². The fourth-order valence-electron chi connectivity index (χ4n) is 2.63.